The third-order valence-corrected chi connectivity index (χ3v) is 4.81. The summed E-state index contributed by atoms with van der Waals surface area (Å²) in [5, 5.41) is 5.49. The van der Waals surface area contributed by atoms with Gasteiger partial charge in [0, 0.05) is 30.9 Å². The molecular weight excluding hydrogens is 360 g/mol. The van der Waals surface area contributed by atoms with Crippen LogP contribution in [0.4, 0.5) is 4.79 Å². The van der Waals surface area contributed by atoms with Crippen LogP contribution in [0.25, 0.3) is 0 Å². The summed E-state index contributed by atoms with van der Waals surface area (Å²) < 4.78 is 7.20. The Hall–Kier alpha value is -3.29. The number of carbonyl (C=O) groups excluding carboxylic acids is 3. The van der Waals surface area contributed by atoms with Crippen LogP contribution in [0.3, 0.4) is 0 Å². The summed E-state index contributed by atoms with van der Waals surface area (Å²) >= 11 is 0. The number of carbonyl (C=O) groups is 3. The van der Waals surface area contributed by atoms with Crippen LogP contribution in [-0.2, 0) is 29.7 Å². The summed E-state index contributed by atoms with van der Waals surface area (Å²) in [4.78, 5) is 38.0. The molecule has 0 saturated carbocycles. The van der Waals surface area contributed by atoms with E-state index in [1.807, 2.05) is 48.1 Å². The SMILES string of the molecule is COc1ccccc1CN1C(=O)NC(CCC(=O)NCc2cccn2C)C1=O. The number of imide groups is 1. The molecule has 1 aliphatic heterocycles. The van der Waals surface area contributed by atoms with Gasteiger partial charge in [0.1, 0.15) is 11.8 Å². The van der Waals surface area contributed by atoms with E-state index in [0.29, 0.717) is 12.3 Å². The van der Waals surface area contributed by atoms with Crippen molar-refractivity contribution in [3.8, 4) is 5.75 Å². The molecule has 2 N–H and O–H groups in total. The van der Waals surface area contributed by atoms with Crippen LogP contribution in [0.15, 0.2) is 42.6 Å². The highest BCUT2D eigenvalue weighted by Crippen LogP contribution is 2.22. The molecule has 8 nitrogen and oxygen atoms in total. The third-order valence-electron chi connectivity index (χ3n) is 4.81. The van der Waals surface area contributed by atoms with E-state index < -0.39 is 12.1 Å². The monoisotopic (exact) mass is 384 g/mol. The Labute approximate surface area is 163 Å². The summed E-state index contributed by atoms with van der Waals surface area (Å²) in [6.07, 6.45) is 2.32. The van der Waals surface area contributed by atoms with Gasteiger partial charge in [0.25, 0.3) is 5.91 Å². The quantitative estimate of drug-likeness (QED) is 0.676. The number of aromatic nitrogens is 1. The molecule has 148 valence electrons. The maximum Gasteiger partial charge on any atom is 0.325 e. The molecule has 1 aromatic carbocycles. The van der Waals surface area contributed by atoms with E-state index in [1.165, 1.54) is 0 Å². The average molecular weight is 384 g/mol. The number of urea groups is 1. The first-order valence-corrected chi connectivity index (χ1v) is 9.10. The molecule has 2 aromatic rings. The minimum Gasteiger partial charge on any atom is -0.496 e. The van der Waals surface area contributed by atoms with Crippen molar-refractivity contribution >= 4 is 17.8 Å². The zero-order chi connectivity index (χ0) is 20.1. The third kappa shape index (κ3) is 4.33. The van der Waals surface area contributed by atoms with Crippen molar-refractivity contribution < 1.29 is 19.1 Å². The minimum atomic E-state index is -0.692. The Morgan fingerprint density at radius 3 is 2.71 bits per heavy atom. The molecule has 3 rings (SSSR count). The first-order valence-electron chi connectivity index (χ1n) is 9.10. The topological polar surface area (TPSA) is 92.7 Å². The second-order valence-corrected chi connectivity index (χ2v) is 6.66. The highest BCUT2D eigenvalue weighted by atomic mass is 16.5. The highest BCUT2D eigenvalue weighted by molar-refractivity contribution is 6.04. The van der Waals surface area contributed by atoms with Crippen LogP contribution in [-0.4, -0.2) is 40.5 Å². The Kier molecular flexibility index (Phi) is 5.98. The van der Waals surface area contributed by atoms with E-state index in [9.17, 15) is 14.4 Å². The van der Waals surface area contributed by atoms with Gasteiger partial charge in [0.05, 0.1) is 20.2 Å². The van der Waals surface area contributed by atoms with Gasteiger partial charge in [0.2, 0.25) is 5.91 Å². The number of nitrogens with zero attached hydrogens (tertiary/aromatic N) is 2. The molecule has 8 heteroatoms. The fourth-order valence-electron chi connectivity index (χ4n) is 3.16. The van der Waals surface area contributed by atoms with E-state index in [4.69, 9.17) is 4.74 Å². The molecule has 0 bridgehead atoms. The van der Waals surface area contributed by atoms with Gasteiger partial charge in [-0.1, -0.05) is 18.2 Å². The Balaban J connectivity index is 1.52. The Morgan fingerprint density at radius 2 is 2.00 bits per heavy atom. The molecule has 1 atom stereocenters. The lowest BCUT2D eigenvalue weighted by molar-refractivity contribution is -0.128. The molecule has 0 aliphatic carbocycles. The molecular formula is C20H24N4O4. The predicted octanol–water partition coefficient (Wildman–Crippen LogP) is 1.55. The molecule has 0 radical (unpaired) electrons. The van der Waals surface area contributed by atoms with Gasteiger partial charge in [0.15, 0.2) is 0 Å². The summed E-state index contributed by atoms with van der Waals surface area (Å²) in [6, 6.07) is 9.93. The Morgan fingerprint density at radius 1 is 1.21 bits per heavy atom. The van der Waals surface area contributed by atoms with Gasteiger partial charge in [-0.2, -0.15) is 0 Å². The van der Waals surface area contributed by atoms with Crippen LogP contribution >= 0.6 is 0 Å². The van der Waals surface area contributed by atoms with E-state index in [0.717, 1.165) is 16.2 Å². The van der Waals surface area contributed by atoms with E-state index >= 15 is 0 Å². The van der Waals surface area contributed by atoms with Crippen LogP contribution in [0, 0.1) is 0 Å². The van der Waals surface area contributed by atoms with Crippen molar-refractivity contribution in [2.75, 3.05) is 7.11 Å². The average Bonchev–Trinajstić information content (AvgIpc) is 3.22. The van der Waals surface area contributed by atoms with E-state index in [1.54, 1.807) is 13.2 Å². The smallest absolute Gasteiger partial charge is 0.325 e. The molecule has 28 heavy (non-hydrogen) atoms. The lowest BCUT2D eigenvalue weighted by Crippen LogP contribution is -2.32. The second-order valence-electron chi connectivity index (χ2n) is 6.66. The van der Waals surface area contributed by atoms with E-state index in [-0.39, 0.29) is 31.2 Å². The summed E-state index contributed by atoms with van der Waals surface area (Å²) in [7, 11) is 3.45. The van der Waals surface area contributed by atoms with Crippen LogP contribution in [0.1, 0.15) is 24.1 Å². The van der Waals surface area contributed by atoms with Crippen LogP contribution in [0.2, 0.25) is 0 Å². The molecule has 1 saturated heterocycles. The van der Waals surface area contributed by atoms with Crippen LogP contribution < -0.4 is 15.4 Å². The zero-order valence-electron chi connectivity index (χ0n) is 16.0. The number of amides is 4. The zero-order valence-corrected chi connectivity index (χ0v) is 16.0. The maximum absolute atomic E-state index is 12.6. The summed E-state index contributed by atoms with van der Waals surface area (Å²) in [5.74, 6) is 0.129. The largest absolute Gasteiger partial charge is 0.496 e. The summed E-state index contributed by atoms with van der Waals surface area (Å²) in [5.41, 5.74) is 1.73. The first-order chi connectivity index (χ1) is 13.5. The number of methoxy groups -OCH3 is 1. The lowest BCUT2D eigenvalue weighted by atomic mass is 10.1. The van der Waals surface area contributed by atoms with E-state index in [2.05, 4.69) is 10.6 Å². The number of ether oxygens (including phenoxy) is 1. The van der Waals surface area contributed by atoms with Crippen LogP contribution in [0.5, 0.6) is 5.75 Å². The maximum atomic E-state index is 12.6. The number of rotatable bonds is 8. The van der Waals surface area contributed by atoms with Gasteiger partial charge in [-0.05, 0) is 24.6 Å². The van der Waals surface area contributed by atoms with Crippen molar-refractivity contribution in [3.63, 3.8) is 0 Å². The number of benzene rings is 1. The van der Waals surface area contributed by atoms with Gasteiger partial charge in [-0.25, -0.2) is 4.79 Å². The van der Waals surface area contributed by atoms with Gasteiger partial charge in [-0.15, -0.1) is 0 Å². The number of hydrogen-bond acceptors (Lipinski definition) is 4. The van der Waals surface area contributed by atoms with Gasteiger partial charge < -0.3 is 19.9 Å². The molecule has 4 amide bonds. The van der Waals surface area contributed by atoms with Crippen molar-refractivity contribution in [1.29, 1.82) is 0 Å². The Bertz CT molecular complexity index is 877. The highest BCUT2D eigenvalue weighted by Gasteiger charge is 2.38. The van der Waals surface area contributed by atoms with Crippen molar-refractivity contribution in [3.05, 3.63) is 53.9 Å². The predicted molar refractivity (Wildman–Crippen MR) is 102 cm³/mol. The fraction of sp³-hybridized carbons (Fsp3) is 0.350. The molecule has 1 fully saturated rings. The molecule has 1 aromatic heterocycles. The standard InChI is InChI=1S/C20H24N4O4/c1-23-11-5-7-15(23)12-21-18(25)10-9-16-19(26)24(20(27)22-16)13-14-6-3-4-8-17(14)28-2/h3-8,11,16H,9-10,12-13H2,1-2H3,(H,21,25)(H,22,27). The molecule has 1 aliphatic rings. The first kappa shape index (κ1) is 19.5. The van der Waals surface area contributed by atoms with Crippen molar-refractivity contribution in [1.82, 2.24) is 20.1 Å². The van der Waals surface area contributed by atoms with Gasteiger partial charge >= 0.3 is 6.03 Å². The molecule has 1 unspecified atom stereocenters. The number of aryl methyl sites for hydroxylation is 1. The normalized spacial score (nSPS) is 16.2. The van der Waals surface area contributed by atoms with Crippen molar-refractivity contribution in [2.24, 2.45) is 7.05 Å². The summed E-state index contributed by atoms with van der Waals surface area (Å²) in [6.45, 7) is 0.554. The number of para-hydroxylation sites is 1. The molecule has 2 heterocycles. The number of nitrogens with one attached hydrogen (secondary N) is 2. The lowest BCUT2D eigenvalue weighted by Gasteiger charge is -2.15. The van der Waals surface area contributed by atoms with Gasteiger partial charge in [-0.3, -0.25) is 14.5 Å². The molecule has 0 spiro atoms. The fourth-order valence-corrected chi connectivity index (χ4v) is 3.16. The van der Waals surface area contributed by atoms with Crippen molar-refractivity contribution in [2.45, 2.75) is 32.0 Å². The second kappa shape index (κ2) is 8.60. The minimum absolute atomic E-state index is 0.130. The number of hydrogen-bond donors (Lipinski definition) is 2.